The van der Waals surface area contributed by atoms with Crippen LogP contribution in [0.15, 0.2) is 83.5 Å². The number of amides is 1. The number of nitrogens with zero attached hydrogens (tertiary/aromatic N) is 3. The highest BCUT2D eigenvalue weighted by atomic mass is 32.1. The van der Waals surface area contributed by atoms with Crippen molar-refractivity contribution in [1.82, 2.24) is 20.2 Å². The molecule has 0 unspecified atom stereocenters. The van der Waals surface area contributed by atoms with Crippen LogP contribution in [0.4, 0.5) is 5.69 Å². The van der Waals surface area contributed by atoms with Crippen LogP contribution in [0.25, 0.3) is 5.57 Å². The molecular formula is C30H36N6OS. The zero-order chi connectivity index (χ0) is 27.3. The Morgan fingerprint density at radius 2 is 1.82 bits per heavy atom. The SMILES string of the molecule is CC/C=C(/NC1=NC=C/C1=C(/C)c1ccc(C(=O)NC(C)(C)C)s1)Nc1ccc(Cn2ccnc2C)cc1. The summed E-state index contributed by atoms with van der Waals surface area (Å²) < 4.78 is 2.13. The van der Waals surface area contributed by atoms with Crippen molar-refractivity contribution in [2.45, 2.75) is 60.0 Å². The number of hydrogen-bond acceptors (Lipinski definition) is 6. The first-order valence-electron chi connectivity index (χ1n) is 12.8. The van der Waals surface area contributed by atoms with Crippen LogP contribution < -0.4 is 16.0 Å². The van der Waals surface area contributed by atoms with Crippen molar-refractivity contribution in [3.63, 3.8) is 0 Å². The highest BCUT2D eigenvalue weighted by Gasteiger charge is 2.19. The van der Waals surface area contributed by atoms with E-state index in [1.807, 2.05) is 58.3 Å². The third-order valence-electron chi connectivity index (χ3n) is 5.96. The first kappa shape index (κ1) is 27.1. The minimum absolute atomic E-state index is 0.0518. The van der Waals surface area contributed by atoms with Crippen molar-refractivity contribution in [3.05, 3.63) is 99.7 Å². The molecule has 3 N–H and O–H groups in total. The van der Waals surface area contributed by atoms with Gasteiger partial charge in [-0.3, -0.25) is 4.79 Å². The lowest BCUT2D eigenvalue weighted by atomic mass is 10.1. The van der Waals surface area contributed by atoms with Crippen molar-refractivity contribution >= 4 is 34.3 Å². The van der Waals surface area contributed by atoms with Crippen LogP contribution in [-0.4, -0.2) is 26.8 Å². The van der Waals surface area contributed by atoms with E-state index in [1.54, 1.807) is 6.20 Å². The number of aryl methyl sites for hydroxylation is 1. The molecule has 3 heterocycles. The molecular weight excluding hydrogens is 492 g/mol. The highest BCUT2D eigenvalue weighted by molar-refractivity contribution is 7.15. The van der Waals surface area contributed by atoms with Crippen molar-refractivity contribution < 1.29 is 4.79 Å². The highest BCUT2D eigenvalue weighted by Crippen LogP contribution is 2.29. The van der Waals surface area contributed by atoms with Crippen LogP contribution in [0.5, 0.6) is 0 Å². The van der Waals surface area contributed by atoms with Gasteiger partial charge in [-0.2, -0.15) is 0 Å². The van der Waals surface area contributed by atoms with Crippen LogP contribution in [0.1, 0.15) is 67.0 Å². The summed E-state index contributed by atoms with van der Waals surface area (Å²) >= 11 is 1.49. The smallest absolute Gasteiger partial charge is 0.261 e. The zero-order valence-corrected chi connectivity index (χ0v) is 23.7. The van der Waals surface area contributed by atoms with Crippen LogP contribution in [0, 0.1) is 6.92 Å². The van der Waals surface area contributed by atoms with E-state index in [4.69, 9.17) is 0 Å². The molecule has 0 fully saturated rings. The van der Waals surface area contributed by atoms with E-state index in [9.17, 15) is 4.79 Å². The molecule has 0 aliphatic carbocycles. The minimum Gasteiger partial charge on any atom is -0.347 e. The molecule has 1 aliphatic rings. The maximum atomic E-state index is 12.6. The van der Waals surface area contributed by atoms with Crippen LogP contribution in [-0.2, 0) is 6.54 Å². The first-order chi connectivity index (χ1) is 18.1. The third kappa shape index (κ3) is 6.89. The molecule has 7 nitrogen and oxygen atoms in total. The molecule has 3 aromatic rings. The number of carbonyl (C=O) groups is 1. The van der Waals surface area contributed by atoms with Gasteiger partial charge < -0.3 is 20.5 Å². The molecule has 1 aliphatic heterocycles. The van der Waals surface area contributed by atoms with E-state index in [1.165, 1.54) is 16.9 Å². The van der Waals surface area contributed by atoms with Crippen LogP contribution >= 0.6 is 11.3 Å². The number of thiophene rings is 1. The van der Waals surface area contributed by atoms with Gasteiger partial charge in [0.15, 0.2) is 0 Å². The Balaban J connectivity index is 1.45. The minimum atomic E-state index is -0.277. The van der Waals surface area contributed by atoms with Crippen molar-refractivity contribution in [2.75, 3.05) is 5.32 Å². The number of aromatic nitrogens is 2. The monoisotopic (exact) mass is 528 g/mol. The number of aliphatic imine (C=N–C) groups is 1. The fourth-order valence-corrected chi connectivity index (χ4v) is 4.93. The maximum Gasteiger partial charge on any atom is 0.261 e. The maximum absolute atomic E-state index is 12.6. The first-order valence-corrected chi connectivity index (χ1v) is 13.6. The summed E-state index contributed by atoms with van der Waals surface area (Å²) in [7, 11) is 0. The summed E-state index contributed by atoms with van der Waals surface area (Å²) in [6, 6.07) is 12.3. The van der Waals surface area contributed by atoms with Gasteiger partial charge in [0.1, 0.15) is 17.5 Å². The van der Waals surface area contributed by atoms with Gasteiger partial charge in [0, 0.05) is 46.8 Å². The molecule has 0 saturated carbocycles. The lowest BCUT2D eigenvalue weighted by Gasteiger charge is -2.19. The van der Waals surface area contributed by atoms with Gasteiger partial charge >= 0.3 is 0 Å². The molecule has 1 amide bonds. The van der Waals surface area contributed by atoms with Crippen molar-refractivity contribution in [1.29, 1.82) is 0 Å². The van der Waals surface area contributed by atoms with Gasteiger partial charge in [0.2, 0.25) is 0 Å². The number of amidine groups is 1. The number of carbonyl (C=O) groups excluding carboxylic acids is 1. The molecule has 0 saturated heterocycles. The van der Waals surface area contributed by atoms with E-state index in [-0.39, 0.29) is 11.4 Å². The molecule has 0 bridgehead atoms. The van der Waals surface area contributed by atoms with E-state index in [2.05, 4.69) is 74.7 Å². The lowest BCUT2D eigenvalue weighted by molar-refractivity contribution is 0.0923. The molecule has 198 valence electrons. The van der Waals surface area contributed by atoms with Gasteiger partial charge in [0.25, 0.3) is 5.91 Å². The van der Waals surface area contributed by atoms with Gasteiger partial charge in [-0.05, 0) is 88.6 Å². The normalized spacial score (nSPS) is 14.9. The summed E-state index contributed by atoms with van der Waals surface area (Å²) in [6.45, 7) is 12.9. The predicted octanol–water partition coefficient (Wildman–Crippen LogP) is 6.48. The quantitative estimate of drug-likeness (QED) is 0.312. The second-order valence-electron chi connectivity index (χ2n) is 10.3. The van der Waals surface area contributed by atoms with E-state index in [0.717, 1.165) is 52.2 Å². The average molecular weight is 529 g/mol. The van der Waals surface area contributed by atoms with Crippen molar-refractivity contribution in [2.24, 2.45) is 4.99 Å². The fraction of sp³-hybridized carbons (Fsp3) is 0.300. The predicted molar refractivity (Wildman–Crippen MR) is 158 cm³/mol. The van der Waals surface area contributed by atoms with Gasteiger partial charge in [-0.15, -0.1) is 11.3 Å². The summed E-state index contributed by atoms with van der Waals surface area (Å²) in [5.74, 6) is 2.59. The Labute approximate surface area is 229 Å². The molecule has 2 aromatic heterocycles. The fourth-order valence-electron chi connectivity index (χ4n) is 4.01. The molecule has 38 heavy (non-hydrogen) atoms. The number of benzene rings is 1. The van der Waals surface area contributed by atoms with Crippen molar-refractivity contribution in [3.8, 4) is 0 Å². The standard InChI is InChI=1S/C30H36N6OS/c1-7-8-27(33-23-11-9-22(10-12-23)19-36-18-17-31-21(36)3)34-28-24(15-16-32-28)20(2)25-13-14-26(38-25)29(37)35-30(4,5)6/h8-18,33H,7,19H2,1-6H3,(H,32,34)(H,35,37)/b24-20+,27-8+. The molecule has 0 radical (unpaired) electrons. The van der Waals surface area contributed by atoms with Gasteiger partial charge in [-0.1, -0.05) is 19.1 Å². The van der Waals surface area contributed by atoms with Crippen LogP contribution in [0.3, 0.4) is 0 Å². The molecule has 8 heteroatoms. The Hall–Kier alpha value is -3.91. The molecule has 4 rings (SSSR count). The molecule has 0 spiro atoms. The zero-order valence-electron chi connectivity index (χ0n) is 22.9. The Morgan fingerprint density at radius 3 is 2.47 bits per heavy atom. The number of nitrogens with one attached hydrogen (secondary N) is 3. The lowest BCUT2D eigenvalue weighted by Crippen LogP contribution is -2.40. The topological polar surface area (TPSA) is 83.3 Å². The number of rotatable bonds is 8. The second-order valence-corrected chi connectivity index (χ2v) is 11.4. The second kappa shape index (κ2) is 11.6. The summed E-state index contributed by atoms with van der Waals surface area (Å²) in [5, 5.41) is 10.0. The van der Waals surface area contributed by atoms with Gasteiger partial charge in [-0.25, -0.2) is 9.98 Å². The average Bonchev–Trinajstić information content (AvgIpc) is 3.61. The Kier molecular flexibility index (Phi) is 8.32. The van der Waals surface area contributed by atoms with E-state index in [0.29, 0.717) is 4.88 Å². The number of hydrogen-bond donors (Lipinski definition) is 3. The molecule has 0 atom stereocenters. The number of imidazole rings is 1. The van der Waals surface area contributed by atoms with Gasteiger partial charge in [0.05, 0.1) is 4.88 Å². The number of allylic oxidation sites excluding steroid dienone is 2. The van der Waals surface area contributed by atoms with Crippen LogP contribution in [0.2, 0.25) is 0 Å². The van der Waals surface area contributed by atoms with E-state index >= 15 is 0 Å². The Morgan fingerprint density at radius 1 is 1.08 bits per heavy atom. The molecule has 1 aromatic carbocycles. The Bertz CT molecular complexity index is 1410. The largest absolute Gasteiger partial charge is 0.347 e. The summed E-state index contributed by atoms with van der Waals surface area (Å²) in [5.41, 5.74) is 4.00. The van der Waals surface area contributed by atoms with E-state index < -0.39 is 0 Å². The third-order valence-corrected chi connectivity index (χ3v) is 7.17. The number of anilines is 1. The summed E-state index contributed by atoms with van der Waals surface area (Å²) in [6.07, 6.45) is 10.6. The summed E-state index contributed by atoms with van der Waals surface area (Å²) in [4.78, 5) is 23.2.